The van der Waals surface area contributed by atoms with Crippen LogP contribution in [0.3, 0.4) is 0 Å². The van der Waals surface area contributed by atoms with Crippen LogP contribution in [0.25, 0.3) is 0 Å². The highest BCUT2D eigenvalue weighted by Crippen LogP contribution is 2.36. The van der Waals surface area contributed by atoms with Crippen molar-refractivity contribution in [3.8, 4) is 0 Å². The molecule has 0 spiro atoms. The highest BCUT2D eigenvalue weighted by atomic mass is 35.5. The zero-order chi connectivity index (χ0) is 21.1. The fourth-order valence-electron chi connectivity index (χ4n) is 1.98. The maximum Gasteiger partial charge on any atom is 0.418 e. The summed E-state index contributed by atoms with van der Waals surface area (Å²) in [6.07, 6.45) is -2.06. The number of alkyl halides is 3. The summed E-state index contributed by atoms with van der Waals surface area (Å²) in [6, 6.07) is 2.10. The third kappa shape index (κ3) is 5.88. The van der Waals surface area contributed by atoms with Gasteiger partial charge in [0.25, 0.3) is 0 Å². The van der Waals surface area contributed by atoms with E-state index in [0.717, 1.165) is 12.1 Å². The summed E-state index contributed by atoms with van der Waals surface area (Å²) in [5, 5.41) is 8.26. The quantitative estimate of drug-likeness (QED) is 0.702. The molecule has 2 amide bonds. The number of hydrogen-bond acceptors (Lipinski definition) is 4. The van der Waals surface area contributed by atoms with Crippen molar-refractivity contribution in [3.63, 3.8) is 0 Å². The van der Waals surface area contributed by atoms with Crippen LogP contribution in [0.4, 0.5) is 29.3 Å². The van der Waals surface area contributed by atoms with Crippen molar-refractivity contribution in [3.05, 3.63) is 41.2 Å². The number of anilines is 2. The molecule has 0 fully saturated rings. The third-order valence-corrected chi connectivity index (χ3v) is 3.60. The lowest BCUT2D eigenvalue weighted by molar-refractivity contribution is -0.157. The van der Waals surface area contributed by atoms with Gasteiger partial charge in [-0.1, -0.05) is 11.6 Å². The average Bonchev–Trinajstić information content (AvgIpc) is 2.99. The number of hydrogen-bond donors (Lipinski definition) is 2. The van der Waals surface area contributed by atoms with Gasteiger partial charge in [0, 0.05) is 5.02 Å². The second-order valence-corrected chi connectivity index (χ2v) is 7.28. The summed E-state index contributed by atoms with van der Waals surface area (Å²) in [5.41, 5.74) is -1.99. The number of esters is 1. The number of nitrogens with zero attached hydrogens (tertiary/aromatic N) is 2. The number of nitrogens with one attached hydrogen (secondary N) is 2. The number of carbonyl (C=O) groups is 2. The van der Waals surface area contributed by atoms with E-state index in [0.29, 0.717) is 0 Å². The van der Waals surface area contributed by atoms with E-state index in [4.69, 9.17) is 16.3 Å². The second kappa shape index (κ2) is 8.09. The first kappa shape index (κ1) is 21.5. The first-order valence-corrected chi connectivity index (χ1v) is 8.38. The van der Waals surface area contributed by atoms with Crippen molar-refractivity contribution in [1.82, 2.24) is 9.78 Å². The lowest BCUT2D eigenvalue weighted by atomic mass is 9.98. The lowest BCUT2D eigenvalue weighted by Gasteiger charge is -2.16. The first-order chi connectivity index (χ1) is 12.9. The molecule has 1 aromatic heterocycles. The van der Waals surface area contributed by atoms with E-state index >= 15 is 0 Å². The lowest BCUT2D eigenvalue weighted by Crippen LogP contribution is -2.24. The molecule has 11 heteroatoms. The number of amides is 2. The minimum absolute atomic E-state index is 0.107. The van der Waals surface area contributed by atoms with Crippen molar-refractivity contribution in [2.45, 2.75) is 33.7 Å². The molecule has 7 nitrogen and oxygen atoms in total. The van der Waals surface area contributed by atoms with Crippen molar-refractivity contribution < 1.29 is 27.5 Å². The van der Waals surface area contributed by atoms with E-state index in [1.165, 1.54) is 23.1 Å². The number of carbonyl (C=O) groups excluding carboxylic acids is 2. The van der Waals surface area contributed by atoms with Crippen LogP contribution in [-0.4, -0.2) is 21.8 Å². The molecule has 2 rings (SSSR count). The molecule has 0 aliphatic heterocycles. The molecule has 0 radical (unpaired) electrons. The van der Waals surface area contributed by atoms with E-state index in [-0.39, 0.29) is 17.4 Å². The standard InChI is InChI=1S/C17H18ClF3N4O3/c1-16(2,3)14(26)28-9-25-8-11(7-22-25)23-15(27)24-13-5-4-10(18)6-12(13)17(19,20)21/h4-8H,9H2,1-3H3,(H2,23,24,27). The number of benzene rings is 1. The normalized spacial score (nSPS) is 11.8. The zero-order valence-corrected chi connectivity index (χ0v) is 16.0. The molecule has 0 saturated heterocycles. The predicted octanol–water partition coefficient (Wildman–Crippen LogP) is 4.75. The van der Waals surface area contributed by atoms with Crippen molar-refractivity contribution in [2.24, 2.45) is 5.41 Å². The molecule has 0 aliphatic carbocycles. The van der Waals surface area contributed by atoms with Gasteiger partial charge in [-0.15, -0.1) is 0 Å². The first-order valence-electron chi connectivity index (χ1n) is 8.00. The van der Waals surface area contributed by atoms with Crippen molar-refractivity contribution in [2.75, 3.05) is 10.6 Å². The van der Waals surface area contributed by atoms with E-state index in [9.17, 15) is 22.8 Å². The third-order valence-electron chi connectivity index (χ3n) is 3.37. The number of ether oxygens (including phenoxy) is 1. The molecule has 28 heavy (non-hydrogen) atoms. The summed E-state index contributed by atoms with van der Waals surface area (Å²) in [7, 11) is 0. The molecule has 0 aliphatic rings. The second-order valence-electron chi connectivity index (χ2n) is 6.85. The van der Waals surface area contributed by atoms with E-state index in [1.54, 1.807) is 20.8 Å². The van der Waals surface area contributed by atoms with Gasteiger partial charge in [0.2, 0.25) is 0 Å². The topological polar surface area (TPSA) is 85.2 Å². The van der Waals surface area contributed by atoms with Gasteiger partial charge >= 0.3 is 18.2 Å². The molecule has 0 saturated carbocycles. The van der Waals surface area contributed by atoms with E-state index in [1.807, 2.05) is 0 Å². The Kier molecular flexibility index (Phi) is 6.23. The fraction of sp³-hybridized carbons (Fsp3) is 0.353. The van der Waals surface area contributed by atoms with Gasteiger partial charge < -0.3 is 15.4 Å². The fourth-order valence-corrected chi connectivity index (χ4v) is 2.16. The molecule has 2 N–H and O–H groups in total. The van der Waals surface area contributed by atoms with Gasteiger partial charge in [0.1, 0.15) is 0 Å². The summed E-state index contributed by atoms with van der Waals surface area (Å²) in [6.45, 7) is 4.92. The molecule has 152 valence electrons. The summed E-state index contributed by atoms with van der Waals surface area (Å²) < 4.78 is 45.5. The Morgan fingerprint density at radius 1 is 1.21 bits per heavy atom. The van der Waals surface area contributed by atoms with Crippen molar-refractivity contribution in [1.29, 1.82) is 0 Å². The van der Waals surface area contributed by atoms with Crippen LogP contribution < -0.4 is 10.6 Å². The SMILES string of the molecule is CC(C)(C)C(=O)OCn1cc(NC(=O)Nc2ccc(Cl)cc2C(F)(F)F)cn1. The summed E-state index contributed by atoms with van der Waals surface area (Å²) in [4.78, 5) is 23.7. The minimum atomic E-state index is -4.69. The van der Waals surface area contributed by atoms with Gasteiger partial charge in [-0.05, 0) is 39.0 Å². The van der Waals surface area contributed by atoms with Crippen LogP contribution in [0.2, 0.25) is 5.02 Å². The molecule has 0 bridgehead atoms. The predicted molar refractivity (Wildman–Crippen MR) is 96.9 cm³/mol. The molecular formula is C17H18ClF3N4O3. The zero-order valence-electron chi connectivity index (χ0n) is 15.2. The highest BCUT2D eigenvalue weighted by molar-refractivity contribution is 6.30. The Morgan fingerprint density at radius 3 is 2.50 bits per heavy atom. The highest BCUT2D eigenvalue weighted by Gasteiger charge is 2.34. The van der Waals surface area contributed by atoms with Gasteiger partial charge in [-0.2, -0.15) is 18.3 Å². The number of urea groups is 1. The monoisotopic (exact) mass is 418 g/mol. The molecule has 0 unspecified atom stereocenters. The molecule has 1 aromatic carbocycles. The number of aromatic nitrogens is 2. The molecular weight excluding hydrogens is 401 g/mol. The smallest absolute Gasteiger partial charge is 0.418 e. The van der Waals surface area contributed by atoms with E-state index in [2.05, 4.69) is 15.7 Å². The molecule has 0 atom stereocenters. The Hall–Kier alpha value is -2.75. The Morgan fingerprint density at radius 2 is 1.89 bits per heavy atom. The van der Waals surface area contributed by atoms with Crippen LogP contribution in [0.15, 0.2) is 30.6 Å². The maximum atomic E-state index is 13.1. The van der Waals surface area contributed by atoms with Gasteiger partial charge in [-0.3, -0.25) is 4.79 Å². The molecule has 2 aromatic rings. The van der Waals surface area contributed by atoms with Crippen LogP contribution in [0, 0.1) is 5.41 Å². The largest absolute Gasteiger partial charge is 0.442 e. The number of rotatable bonds is 4. The van der Waals surface area contributed by atoms with Gasteiger partial charge in [0.05, 0.1) is 34.7 Å². The van der Waals surface area contributed by atoms with E-state index < -0.39 is 34.8 Å². The summed E-state index contributed by atoms with van der Waals surface area (Å²) in [5.74, 6) is -0.433. The van der Waals surface area contributed by atoms with Crippen LogP contribution in [0.5, 0.6) is 0 Å². The summed E-state index contributed by atoms with van der Waals surface area (Å²) >= 11 is 5.60. The minimum Gasteiger partial charge on any atom is -0.442 e. The Bertz CT molecular complexity index is 875. The Labute approximate surface area is 163 Å². The average molecular weight is 419 g/mol. The number of halogens is 4. The molecule has 1 heterocycles. The van der Waals surface area contributed by atoms with Crippen LogP contribution in [-0.2, 0) is 22.4 Å². The Balaban J connectivity index is 2.00. The van der Waals surface area contributed by atoms with Crippen LogP contribution in [0.1, 0.15) is 26.3 Å². The van der Waals surface area contributed by atoms with Crippen LogP contribution >= 0.6 is 11.6 Å². The van der Waals surface area contributed by atoms with Gasteiger partial charge in [-0.25, -0.2) is 9.48 Å². The van der Waals surface area contributed by atoms with Gasteiger partial charge in [0.15, 0.2) is 6.73 Å². The maximum absolute atomic E-state index is 13.1. The van der Waals surface area contributed by atoms with Crippen molar-refractivity contribution >= 4 is 35.0 Å².